The van der Waals surface area contributed by atoms with Gasteiger partial charge in [0.05, 0.1) is 5.52 Å². The topological polar surface area (TPSA) is 12.9 Å². The van der Waals surface area contributed by atoms with Crippen molar-refractivity contribution in [3.05, 3.63) is 47.7 Å². The van der Waals surface area contributed by atoms with E-state index in [9.17, 15) is 0 Å². The standard InChI is InChI=1S/C13H11N/c1-2-5-11-10(4-1)7-8-13-12(11)6-3-9-14-13/h2-3,5-9H,1,4H2. The summed E-state index contributed by atoms with van der Waals surface area (Å²) in [6.45, 7) is 0. The van der Waals surface area contributed by atoms with Gasteiger partial charge in [-0.1, -0.05) is 24.3 Å². The van der Waals surface area contributed by atoms with Crippen LogP contribution >= 0.6 is 0 Å². The average molecular weight is 181 g/mol. The molecule has 0 N–H and O–H groups in total. The Hall–Kier alpha value is -1.63. The van der Waals surface area contributed by atoms with Gasteiger partial charge < -0.3 is 0 Å². The van der Waals surface area contributed by atoms with E-state index in [1.165, 1.54) is 22.9 Å². The number of hydrogen-bond acceptors (Lipinski definition) is 1. The summed E-state index contributed by atoms with van der Waals surface area (Å²) in [7, 11) is 0. The highest BCUT2D eigenvalue weighted by molar-refractivity contribution is 5.89. The quantitative estimate of drug-likeness (QED) is 0.608. The zero-order valence-corrected chi connectivity index (χ0v) is 7.90. The number of benzene rings is 1. The first kappa shape index (κ1) is 7.74. The Balaban J connectivity index is 2.42. The molecule has 0 unspecified atom stereocenters. The van der Waals surface area contributed by atoms with Crippen molar-refractivity contribution in [3.63, 3.8) is 0 Å². The maximum Gasteiger partial charge on any atom is 0.0708 e. The summed E-state index contributed by atoms with van der Waals surface area (Å²) in [5.41, 5.74) is 3.91. The molecule has 0 saturated heterocycles. The minimum Gasteiger partial charge on any atom is -0.256 e. The molecule has 0 bridgehead atoms. The summed E-state index contributed by atoms with van der Waals surface area (Å²) in [4.78, 5) is 4.36. The molecule has 1 aliphatic carbocycles. The lowest BCUT2D eigenvalue weighted by molar-refractivity contribution is 0.989. The molecular formula is C13H11N. The van der Waals surface area contributed by atoms with Gasteiger partial charge in [0.2, 0.25) is 0 Å². The summed E-state index contributed by atoms with van der Waals surface area (Å²) in [6, 6.07) is 8.48. The Labute approximate surface area is 83.1 Å². The second-order valence-electron chi connectivity index (χ2n) is 3.65. The molecule has 0 radical (unpaired) electrons. The summed E-state index contributed by atoms with van der Waals surface area (Å²) < 4.78 is 0. The fraction of sp³-hybridized carbons (Fsp3) is 0.154. The zero-order valence-electron chi connectivity index (χ0n) is 7.90. The lowest BCUT2D eigenvalue weighted by atomic mass is 9.94. The van der Waals surface area contributed by atoms with E-state index in [1.54, 1.807) is 0 Å². The number of aromatic nitrogens is 1. The van der Waals surface area contributed by atoms with Crippen molar-refractivity contribution in [2.75, 3.05) is 0 Å². The van der Waals surface area contributed by atoms with Gasteiger partial charge in [-0.2, -0.15) is 0 Å². The molecule has 0 fully saturated rings. The van der Waals surface area contributed by atoms with Gasteiger partial charge in [-0.05, 0) is 36.1 Å². The lowest BCUT2D eigenvalue weighted by Gasteiger charge is -2.12. The van der Waals surface area contributed by atoms with Gasteiger partial charge >= 0.3 is 0 Å². The van der Waals surface area contributed by atoms with Crippen LogP contribution in [0.2, 0.25) is 0 Å². The van der Waals surface area contributed by atoms with Gasteiger partial charge in [0.15, 0.2) is 0 Å². The molecule has 68 valence electrons. The number of rotatable bonds is 0. The van der Waals surface area contributed by atoms with Gasteiger partial charge in [0.1, 0.15) is 0 Å². The van der Waals surface area contributed by atoms with E-state index >= 15 is 0 Å². The third kappa shape index (κ3) is 1.06. The highest BCUT2D eigenvalue weighted by Crippen LogP contribution is 2.26. The van der Waals surface area contributed by atoms with Crippen LogP contribution in [0.4, 0.5) is 0 Å². The fourth-order valence-electron chi connectivity index (χ4n) is 2.08. The molecule has 0 amide bonds. The van der Waals surface area contributed by atoms with Crippen LogP contribution in [-0.2, 0) is 6.42 Å². The second-order valence-corrected chi connectivity index (χ2v) is 3.65. The van der Waals surface area contributed by atoms with Crippen molar-refractivity contribution in [2.24, 2.45) is 0 Å². The van der Waals surface area contributed by atoms with Crippen molar-refractivity contribution >= 4 is 17.0 Å². The molecule has 3 rings (SSSR count). The molecule has 0 spiro atoms. The Bertz CT molecular complexity index is 512. The number of fused-ring (bicyclic) bond motifs is 3. The number of allylic oxidation sites excluding steroid dienone is 1. The van der Waals surface area contributed by atoms with Crippen molar-refractivity contribution in [2.45, 2.75) is 12.8 Å². The van der Waals surface area contributed by atoms with Gasteiger partial charge in [-0.3, -0.25) is 4.98 Å². The van der Waals surface area contributed by atoms with Crippen LogP contribution in [0.3, 0.4) is 0 Å². The first-order valence-electron chi connectivity index (χ1n) is 4.98. The molecular weight excluding hydrogens is 170 g/mol. The molecule has 1 aromatic heterocycles. The van der Waals surface area contributed by atoms with Crippen molar-refractivity contribution in [1.82, 2.24) is 4.98 Å². The predicted molar refractivity (Wildman–Crippen MR) is 59.1 cm³/mol. The molecule has 0 saturated carbocycles. The van der Waals surface area contributed by atoms with Crippen LogP contribution in [-0.4, -0.2) is 4.98 Å². The highest BCUT2D eigenvalue weighted by atomic mass is 14.6. The van der Waals surface area contributed by atoms with Gasteiger partial charge in [0, 0.05) is 11.6 Å². The largest absolute Gasteiger partial charge is 0.256 e. The van der Waals surface area contributed by atoms with E-state index in [0.717, 1.165) is 11.9 Å². The normalized spacial score (nSPS) is 14.3. The van der Waals surface area contributed by atoms with Crippen LogP contribution in [0.25, 0.3) is 17.0 Å². The first-order chi connectivity index (χ1) is 6.95. The third-order valence-corrected chi connectivity index (χ3v) is 2.78. The summed E-state index contributed by atoms with van der Waals surface area (Å²) >= 11 is 0. The monoisotopic (exact) mass is 181 g/mol. The summed E-state index contributed by atoms with van der Waals surface area (Å²) in [5.74, 6) is 0. The zero-order chi connectivity index (χ0) is 9.38. The molecule has 1 heteroatoms. The summed E-state index contributed by atoms with van der Waals surface area (Å²) in [6.07, 6.45) is 8.65. The predicted octanol–water partition coefficient (Wildman–Crippen LogP) is 3.19. The van der Waals surface area contributed by atoms with Crippen LogP contribution < -0.4 is 0 Å². The van der Waals surface area contributed by atoms with Crippen LogP contribution in [0, 0.1) is 0 Å². The van der Waals surface area contributed by atoms with Crippen molar-refractivity contribution in [1.29, 1.82) is 0 Å². The molecule has 14 heavy (non-hydrogen) atoms. The molecule has 0 atom stereocenters. The maximum absolute atomic E-state index is 4.36. The minimum atomic E-state index is 1.10. The highest BCUT2D eigenvalue weighted by Gasteiger charge is 2.07. The van der Waals surface area contributed by atoms with E-state index in [4.69, 9.17) is 0 Å². The SMILES string of the molecule is C1=Cc2c(ccc3ncccc23)CC1. The van der Waals surface area contributed by atoms with Gasteiger partial charge in [-0.25, -0.2) is 0 Å². The van der Waals surface area contributed by atoms with Crippen LogP contribution in [0.1, 0.15) is 17.5 Å². The van der Waals surface area contributed by atoms with E-state index in [-0.39, 0.29) is 0 Å². The first-order valence-corrected chi connectivity index (χ1v) is 4.98. The molecule has 1 aliphatic rings. The van der Waals surface area contributed by atoms with Crippen molar-refractivity contribution in [3.8, 4) is 0 Å². The fourth-order valence-corrected chi connectivity index (χ4v) is 2.08. The van der Waals surface area contributed by atoms with E-state index in [2.05, 4.69) is 35.3 Å². The van der Waals surface area contributed by atoms with E-state index < -0.39 is 0 Å². The second kappa shape index (κ2) is 2.95. The maximum atomic E-state index is 4.36. The molecule has 1 aromatic carbocycles. The Morgan fingerprint density at radius 3 is 3.14 bits per heavy atom. The van der Waals surface area contributed by atoms with Gasteiger partial charge in [0.25, 0.3) is 0 Å². The molecule has 1 heterocycles. The molecule has 0 aliphatic heterocycles. The molecule has 1 nitrogen and oxygen atoms in total. The van der Waals surface area contributed by atoms with Crippen molar-refractivity contribution < 1.29 is 0 Å². The summed E-state index contributed by atoms with van der Waals surface area (Å²) in [5, 5.41) is 1.28. The van der Waals surface area contributed by atoms with E-state index in [1.807, 2.05) is 12.3 Å². The van der Waals surface area contributed by atoms with Crippen LogP contribution in [0.15, 0.2) is 36.5 Å². The number of pyridine rings is 1. The van der Waals surface area contributed by atoms with E-state index in [0.29, 0.717) is 0 Å². The number of aryl methyl sites for hydroxylation is 1. The Morgan fingerprint density at radius 2 is 2.14 bits per heavy atom. The molecule has 2 aromatic rings. The number of nitrogens with zero attached hydrogens (tertiary/aromatic N) is 1. The third-order valence-electron chi connectivity index (χ3n) is 2.78. The minimum absolute atomic E-state index is 1.10. The average Bonchev–Trinajstić information content (AvgIpc) is 2.29. The Morgan fingerprint density at radius 1 is 1.14 bits per heavy atom. The Kier molecular flexibility index (Phi) is 1.63. The van der Waals surface area contributed by atoms with Crippen LogP contribution in [0.5, 0.6) is 0 Å². The number of hydrogen-bond donors (Lipinski definition) is 0. The lowest BCUT2D eigenvalue weighted by Crippen LogP contribution is -1.95. The van der Waals surface area contributed by atoms with Gasteiger partial charge in [-0.15, -0.1) is 0 Å². The smallest absolute Gasteiger partial charge is 0.0708 e.